The van der Waals surface area contributed by atoms with Gasteiger partial charge in [0, 0.05) is 17.8 Å². The van der Waals surface area contributed by atoms with Gasteiger partial charge in [-0.1, -0.05) is 31.3 Å². The first-order valence-electron chi connectivity index (χ1n) is 7.10. The minimum absolute atomic E-state index is 0.103. The van der Waals surface area contributed by atoms with E-state index in [1.165, 1.54) is 11.3 Å². The van der Waals surface area contributed by atoms with Crippen LogP contribution < -0.4 is 5.32 Å². The molecule has 0 aliphatic rings. The number of aryl methyl sites for hydroxylation is 1. The van der Waals surface area contributed by atoms with Crippen molar-refractivity contribution in [2.45, 2.75) is 33.2 Å². The third-order valence-corrected chi connectivity index (χ3v) is 4.53. The van der Waals surface area contributed by atoms with Gasteiger partial charge in [-0.3, -0.25) is 14.2 Å². The molecule has 3 aromatic rings. The summed E-state index contributed by atoms with van der Waals surface area (Å²) in [6.45, 7) is 6.46. The molecule has 6 nitrogen and oxygen atoms in total. The van der Waals surface area contributed by atoms with E-state index in [0.29, 0.717) is 11.4 Å². The van der Waals surface area contributed by atoms with Crippen molar-refractivity contribution < 1.29 is 4.79 Å². The van der Waals surface area contributed by atoms with Crippen molar-refractivity contribution in [2.75, 3.05) is 0 Å². The summed E-state index contributed by atoms with van der Waals surface area (Å²) >= 11 is 1.36. The van der Waals surface area contributed by atoms with Gasteiger partial charge in [-0.2, -0.15) is 0 Å². The predicted molar refractivity (Wildman–Crippen MR) is 85.1 cm³/mol. The van der Waals surface area contributed by atoms with Gasteiger partial charge >= 0.3 is 0 Å². The van der Waals surface area contributed by atoms with Crippen molar-refractivity contribution in [3.8, 4) is 0 Å². The Morgan fingerprint density at radius 2 is 2.18 bits per heavy atom. The highest BCUT2D eigenvalue weighted by Crippen LogP contribution is 2.25. The Labute approximate surface area is 132 Å². The SMILES string of the molecule is Cc1c(C(=O)NCc2ccccn2)sc2nnc(C(C)C)n12. The van der Waals surface area contributed by atoms with Gasteiger partial charge in [0.05, 0.1) is 12.2 Å². The number of amides is 1. The Bertz CT molecular complexity index is 806. The first-order chi connectivity index (χ1) is 10.6. The third kappa shape index (κ3) is 2.59. The average Bonchev–Trinajstić information content (AvgIpc) is 3.07. The maximum Gasteiger partial charge on any atom is 0.263 e. The highest BCUT2D eigenvalue weighted by atomic mass is 32.1. The fourth-order valence-electron chi connectivity index (χ4n) is 2.27. The van der Waals surface area contributed by atoms with Gasteiger partial charge < -0.3 is 5.32 Å². The van der Waals surface area contributed by atoms with Crippen LogP contribution in [0.1, 0.15) is 46.6 Å². The van der Waals surface area contributed by atoms with E-state index in [9.17, 15) is 4.79 Å². The molecule has 0 saturated heterocycles. The Balaban J connectivity index is 1.84. The van der Waals surface area contributed by atoms with Crippen molar-refractivity contribution in [1.82, 2.24) is 24.9 Å². The second kappa shape index (κ2) is 5.84. The topological polar surface area (TPSA) is 72.2 Å². The fraction of sp³-hybridized carbons (Fsp3) is 0.333. The molecule has 114 valence electrons. The molecule has 22 heavy (non-hydrogen) atoms. The zero-order valence-corrected chi connectivity index (χ0v) is 13.5. The first-order valence-corrected chi connectivity index (χ1v) is 7.92. The number of thiazole rings is 1. The van der Waals surface area contributed by atoms with E-state index in [4.69, 9.17) is 0 Å². The van der Waals surface area contributed by atoms with Crippen LogP contribution in [-0.2, 0) is 6.54 Å². The molecule has 0 radical (unpaired) electrons. The summed E-state index contributed by atoms with van der Waals surface area (Å²) in [7, 11) is 0. The lowest BCUT2D eigenvalue weighted by Gasteiger charge is -2.05. The molecule has 0 aliphatic heterocycles. The third-order valence-electron chi connectivity index (χ3n) is 3.39. The molecule has 0 aliphatic carbocycles. The largest absolute Gasteiger partial charge is 0.346 e. The Morgan fingerprint density at radius 1 is 1.36 bits per heavy atom. The van der Waals surface area contributed by atoms with E-state index in [1.54, 1.807) is 6.20 Å². The van der Waals surface area contributed by atoms with Crippen LogP contribution in [0.15, 0.2) is 24.4 Å². The molecule has 0 unspecified atom stereocenters. The van der Waals surface area contributed by atoms with E-state index in [-0.39, 0.29) is 11.8 Å². The molecule has 1 N–H and O–H groups in total. The Morgan fingerprint density at radius 3 is 2.86 bits per heavy atom. The summed E-state index contributed by atoms with van der Waals surface area (Å²) in [6, 6.07) is 5.64. The summed E-state index contributed by atoms with van der Waals surface area (Å²) in [5.41, 5.74) is 1.71. The predicted octanol–water partition coefficient (Wildman–Crippen LogP) is 2.55. The van der Waals surface area contributed by atoms with Crippen LogP contribution in [0.4, 0.5) is 0 Å². The van der Waals surface area contributed by atoms with Crippen LogP contribution in [0.25, 0.3) is 4.96 Å². The van der Waals surface area contributed by atoms with Gasteiger partial charge in [-0.25, -0.2) is 0 Å². The Kier molecular flexibility index (Phi) is 3.89. The van der Waals surface area contributed by atoms with Gasteiger partial charge in [0.2, 0.25) is 4.96 Å². The number of nitrogens with one attached hydrogen (secondary N) is 1. The second-order valence-corrected chi connectivity index (χ2v) is 6.33. The lowest BCUT2D eigenvalue weighted by molar-refractivity contribution is 0.0953. The van der Waals surface area contributed by atoms with Gasteiger partial charge in [0.15, 0.2) is 0 Å². The molecular formula is C15H17N5OS. The molecule has 0 saturated carbocycles. The van der Waals surface area contributed by atoms with Crippen LogP contribution in [0.5, 0.6) is 0 Å². The summed E-state index contributed by atoms with van der Waals surface area (Å²) in [5.74, 6) is 1.04. The second-order valence-electron chi connectivity index (χ2n) is 5.35. The van der Waals surface area contributed by atoms with Gasteiger partial charge in [0.1, 0.15) is 10.7 Å². The minimum atomic E-state index is -0.103. The number of fused-ring (bicyclic) bond motifs is 1. The van der Waals surface area contributed by atoms with Crippen molar-refractivity contribution in [3.63, 3.8) is 0 Å². The number of carbonyl (C=O) groups is 1. The normalized spacial score (nSPS) is 11.3. The van der Waals surface area contributed by atoms with Crippen LogP contribution in [0, 0.1) is 6.92 Å². The molecule has 0 bridgehead atoms. The number of hydrogen-bond donors (Lipinski definition) is 1. The zero-order chi connectivity index (χ0) is 15.7. The van der Waals surface area contributed by atoms with Gasteiger partial charge in [-0.05, 0) is 19.1 Å². The number of aromatic nitrogens is 4. The van der Waals surface area contributed by atoms with E-state index < -0.39 is 0 Å². The number of hydrogen-bond acceptors (Lipinski definition) is 5. The highest BCUT2D eigenvalue weighted by Gasteiger charge is 2.20. The lowest BCUT2D eigenvalue weighted by atomic mass is 10.2. The summed E-state index contributed by atoms with van der Waals surface area (Å²) < 4.78 is 1.96. The lowest BCUT2D eigenvalue weighted by Crippen LogP contribution is -2.23. The Hall–Kier alpha value is -2.28. The molecule has 1 amide bonds. The molecular weight excluding hydrogens is 298 g/mol. The summed E-state index contributed by atoms with van der Waals surface area (Å²) in [5, 5.41) is 11.3. The number of nitrogens with zero attached hydrogens (tertiary/aromatic N) is 4. The average molecular weight is 315 g/mol. The summed E-state index contributed by atoms with van der Waals surface area (Å²) in [6.07, 6.45) is 1.71. The van der Waals surface area contributed by atoms with Crippen molar-refractivity contribution in [3.05, 3.63) is 46.5 Å². The van der Waals surface area contributed by atoms with Crippen molar-refractivity contribution in [1.29, 1.82) is 0 Å². The first kappa shape index (κ1) is 14.6. The molecule has 0 fully saturated rings. The fourth-order valence-corrected chi connectivity index (χ4v) is 3.26. The maximum atomic E-state index is 12.4. The monoisotopic (exact) mass is 315 g/mol. The standard InChI is InChI=1S/C15H17N5OS/c1-9(2)13-18-19-15-20(13)10(3)12(22-15)14(21)17-8-11-6-4-5-7-16-11/h4-7,9H,8H2,1-3H3,(H,17,21). The summed E-state index contributed by atoms with van der Waals surface area (Å²) in [4.78, 5) is 18.0. The molecule has 3 aromatic heterocycles. The van der Waals surface area contributed by atoms with E-state index in [1.807, 2.05) is 29.5 Å². The minimum Gasteiger partial charge on any atom is -0.346 e. The van der Waals surface area contributed by atoms with Crippen molar-refractivity contribution in [2.24, 2.45) is 0 Å². The number of pyridine rings is 1. The van der Waals surface area contributed by atoms with E-state index in [2.05, 4.69) is 34.3 Å². The van der Waals surface area contributed by atoms with Gasteiger partial charge in [0.25, 0.3) is 5.91 Å². The van der Waals surface area contributed by atoms with Crippen LogP contribution in [0.3, 0.4) is 0 Å². The van der Waals surface area contributed by atoms with Crippen LogP contribution in [-0.4, -0.2) is 25.5 Å². The smallest absolute Gasteiger partial charge is 0.263 e. The van der Waals surface area contributed by atoms with Crippen LogP contribution >= 0.6 is 11.3 Å². The van der Waals surface area contributed by atoms with E-state index in [0.717, 1.165) is 22.2 Å². The molecule has 7 heteroatoms. The molecule has 0 aromatic carbocycles. The highest BCUT2D eigenvalue weighted by molar-refractivity contribution is 7.19. The maximum absolute atomic E-state index is 12.4. The zero-order valence-electron chi connectivity index (χ0n) is 12.7. The number of carbonyl (C=O) groups excluding carboxylic acids is 1. The van der Waals surface area contributed by atoms with E-state index >= 15 is 0 Å². The van der Waals surface area contributed by atoms with Gasteiger partial charge in [-0.15, -0.1) is 10.2 Å². The number of rotatable bonds is 4. The molecule has 0 atom stereocenters. The molecule has 3 rings (SSSR count). The quantitative estimate of drug-likeness (QED) is 0.803. The molecule has 0 spiro atoms. The molecule has 3 heterocycles. The van der Waals surface area contributed by atoms with Crippen molar-refractivity contribution >= 4 is 22.2 Å². The van der Waals surface area contributed by atoms with Crippen LogP contribution in [0.2, 0.25) is 0 Å².